The highest BCUT2D eigenvalue weighted by atomic mass is 16.5. The van der Waals surface area contributed by atoms with E-state index in [0.717, 1.165) is 35.2 Å². The first-order chi connectivity index (χ1) is 10.3. The number of nitrogens with zero attached hydrogens (tertiary/aromatic N) is 2. The van der Waals surface area contributed by atoms with Crippen LogP contribution in [0.5, 0.6) is 5.75 Å². The molecular formula is C17H21N3O. The fourth-order valence-corrected chi connectivity index (χ4v) is 2.32. The minimum absolute atomic E-state index is 0.539. The van der Waals surface area contributed by atoms with Gasteiger partial charge in [0.15, 0.2) is 0 Å². The monoisotopic (exact) mass is 283 g/mol. The highest BCUT2D eigenvalue weighted by Crippen LogP contribution is 2.39. The Morgan fingerprint density at radius 2 is 2.05 bits per heavy atom. The number of aromatic nitrogens is 2. The molecule has 1 fully saturated rings. The van der Waals surface area contributed by atoms with Crippen molar-refractivity contribution in [3.63, 3.8) is 0 Å². The van der Waals surface area contributed by atoms with Crippen LogP contribution in [0, 0.1) is 0 Å². The molecule has 110 valence electrons. The Bertz CT molecular complexity index is 623. The van der Waals surface area contributed by atoms with Crippen LogP contribution in [0.3, 0.4) is 0 Å². The van der Waals surface area contributed by atoms with Gasteiger partial charge in [-0.15, -0.1) is 0 Å². The Hall–Kier alpha value is -2.10. The lowest BCUT2D eigenvalue weighted by Gasteiger charge is -2.10. The standard InChI is InChI=1S/C17H21N3O/c1-3-18-16-11-15(19-17(20-16)12-8-9-12)13-6-5-7-14(10-13)21-4-2/h5-7,10-12H,3-4,8-9H2,1-2H3,(H,18,19,20). The summed E-state index contributed by atoms with van der Waals surface area (Å²) in [7, 11) is 0. The topological polar surface area (TPSA) is 47.0 Å². The Morgan fingerprint density at radius 3 is 2.76 bits per heavy atom. The third-order valence-electron chi connectivity index (χ3n) is 3.48. The van der Waals surface area contributed by atoms with Crippen LogP contribution in [-0.4, -0.2) is 23.1 Å². The summed E-state index contributed by atoms with van der Waals surface area (Å²) in [6, 6.07) is 10.1. The minimum atomic E-state index is 0.539. The van der Waals surface area contributed by atoms with E-state index in [2.05, 4.69) is 23.3 Å². The molecule has 21 heavy (non-hydrogen) atoms. The van der Waals surface area contributed by atoms with Gasteiger partial charge in [0.1, 0.15) is 17.4 Å². The molecule has 4 heteroatoms. The molecule has 3 rings (SSSR count). The molecule has 1 aromatic carbocycles. The van der Waals surface area contributed by atoms with Crippen LogP contribution in [0.25, 0.3) is 11.3 Å². The number of hydrogen-bond donors (Lipinski definition) is 1. The first-order valence-corrected chi connectivity index (χ1v) is 7.66. The van der Waals surface area contributed by atoms with Gasteiger partial charge in [-0.2, -0.15) is 0 Å². The summed E-state index contributed by atoms with van der Waals surface area (Å²) in [5.41, 5.74) is 2.04. The van der Waals surface area contributed by atoms with Crippen LogP contribution in [0.15, 0.2) is 30.3 Å². The minimum Gasteiger partial charge on any atom is -0.494 e. The molecule has 1 aromatic heterocycles. The lowest BCUT2D eigenvalue weighted by molar-refractivity contribution is 0.340. The molecule has 1 saturated carbocycles. The number of anilines is 1. The highest BCUT2D eigenvalue weighted by molar-refractivity contribution is 5.64. The molecule has 0 saturated heterocycles. The van der Waals surface area contributed by atoms with Crippen molar-refractivity contribution in [2.75, 3.05) is 18.5 Å². The van der Waals surface area contributed by atoms with Crippen LogP contribution < -0.4 is 10.1 Å². The van der Waals surface area contributed by atoms with Crippen molar-refractivity contribution in [1.82, 2.24) is 9.97 Å². The summed E-state index contributed by atoms with van der Waals surface area (Å²) in [6.07, 6.45) is 2.40. The van der Waals surface area contributed by atoms with Gasteiger partial charge in [0, 0.05) is 24.1 Å². The first kappa shape index (κ1) is 13.9. The van der Waals surface area contributed by atoms with E-state index in [1.807, 2.05) is 31.2 Å². The molecule has 0 unspecified atom stereocenters. The normalized spacial score (nSPS) is 14.0. The Morgan fingerprint density at radius 1 is 1.19 bits per heavy atom. The second-order valence-corrected chi connectivity index (χ2v) is 5.26. The summed E-state index contributed by atoms with van der Waals surface area (Å²) in [5, 5.41) is 3.30. The van der Waals surface area contributed by atoms with Gasteiger partial charge >= 0.3 is 0 Å². The molecule has 1 N–H and O–H groups in total. The second-order valence-electron chi connectivity index (χ2n) is 5.26. The SMILES string of the molecule is CCNc1cc(-c2cccc(OCC)c2)nc(C2CC2)n1. The maximum Gasteiger partial charge on any atom is 0.134 e. The summed E-state index contributed by atoms with van der Waals surface area (Å²) < 4.78 is 5.58. The molecule has 0 bridgehead atoms. The van der Waals surface area contributed by atoms with Crippen LogP contribution >= 0.6 is 0 Å². The van der Waals surface area contributed by atoms with Crippen LogP contribution in [0.4, 0.5) is 5.82 Å². The molecule has 0 spiro atoms. The van der Waals surface area contributed by atoms with Crippen LogP contribution in [0.2, 0.25) is 0 Å². The van der Waals surface area contributed by atoms with E-state index in [1.165, 1.54) is 12.8 Å². The number of benzene rings is 1. The number of hydrogen-bond acceptors (Lipinski definition) is 4. The fraction of sp³-hybridized carbons (Fsp3) is 0.412. The molecular weight excluding hydrogens is 262 g/mol. The van der Waals surface area contributed by atoms with Gasteiger partial charge in [-0.1, -0.05) is 12.1 Å². The predicted octanol–water partition coefficient (Wildman–Crippen LogP) is 3.85. The average molecular weight is 283 g/mol. The zero-order chi connectivity index (χ0) is 14.7. The van der Waals surface area contributed by atoms with Gasteiger partial charge in [-0.25, -0.2) is 9.97 Å². The Labute approximate surface area is 125 Å². The zero-order valence-corrected chi connectivity index (χ0v) is 12.6. The fourth-order valence-electron chi connectivity index (χ4n) is 2.32. The van der Waals surface area contributed by atoms with E-state index in [-0.39, 0.29) is 0 Å². The molecule has 4 nitrogen and oxygen atoms in total. The third kappa shape index (κ3) is 3.32. The first-order valence-electron chi connectivity index (χ1n) is 7.66. The van der Waals surface area contributed by atoms with Gasteiger partial charge in [0.05, 0.1) is 12.3 Å². The smallest absolute Gasteiger partial charge is 0.134 e. The van der Waals surface area contributed by atoms with Crippen molar-refractivity contribution in [2.24, 2.45) is 0 Å². The van der Waals surface area contributed by atoms with Crippen molar-refractivity contribution in [2.45, 2.75) is 32.6 Å². The van der Waals surface area contributed by atoms with E-state index < -0.39 is 0 Å². The maximum atomic E-state index is 5.58. The zero-order valence-electron chi connectivity index (χ0n) is 12.6. The lowest BCUT2D eigenvalue weighted by Crippen LogP contribution is -2.04. The van der Waals surface area contributed by atoms with Crippen LogP contribution in [-0.2, 0) is 0 Å². The molecule has 1 aliphatic carbocycles. The van der Waals surface area contributed by atoms with Crippen LogP contribution in [0.1, 0.15) is 38.4 Å². The summed E-state index contributed by atoms with van der Waals surface area (Å²) in [4.78, 5) is 9.36. The highest BCUT2D eigenvalue weighted by Gasteiger charge is 2.27. The lowest BCUT2D eigenvalue weighted by atomic mass is 10.1. The average Bonchev–Trinajstić information content (AvgIpc) is 3.33. The van der Waals surface area contributed by atoms with Crippen molar-refractivity contribution in [3.05, 3.63) is 36.2 Å². The van der Waals surface area contributed by atoms with Gasteiger partial charge in [-0.3, -0.25) is 0 Å². The summed E-state index contributed by atoms with van der Waals surface area (Å²) in [5.74, 6) is 3.29. The van der Waals surface area contributed by atoms with E-state index in [9.17, 15) is 0 Å². The number of nitrogens with one attached hydrogen (secondary N) is 1. The van der Waals surface area contributed by atoms with Crippen molar-refractivity contribution < 1.29 is 4.74 Å². The van der Waals surface area contributed by atoms with Crippen molar-refractivity contribution >= 4 is 5.82 Å². The number of rotatable bonds is 6. The van der Waals surface area contributed by atoms with E-state index in [1.54, 1.807) is 0 Å². The van der Waals surface area contributed by atoms with Gasteiger partial charge < -0.3 is 10.1 Å². The van der Waals surface area contributed by atoms with Gasteiger partial charge in [-0.05, 0) is 38.8 Å². The Kier molecular flexibility index (Phi) is 4.04. The predicted molar refractivity (Wildman–Crippen MR) is 84.8 cm³/mol. The maximum absolute atomic E-state index is 5.58. The van der Waals surface area contributed by atoms with Crippen molar-refractivity contribution in [3.8, 4) is 17.0 Å². The van der Waals surface area contributed by atoms with Gasteiger partial charge in [0.2, 0.25) is 0 Å². The second kappa shape index (κ2) is 6.12. The molecule has 2 aromatic rings. The van der Waals surface area contributed by atoms with E-state index >= 15 is 0 Å². The van der Waals surface area contributed by atoms with Crippen molar-refractivity contribution in [1.29, 1.82) is 0 Å². The largest absolute Gasteiger partial charge is 0.494 e. The molecule has 0 radical (unpaired) electrons. The molecule has 1 heterocycles. The molecule has 0 atom stereocenters. The third-order valence-corrected chi connectivity index (χ3v) is 3.48. The van der Waals surface area contributed by atoms with Gasteiger partial charge in [0.25, 0.3) is 0 Å². The summed E-state index contributed by atoms with van der Waals surface area (Å²) in [6.45, 7) is 5.60. The molecule has 1 aliphatic rings. The molecule has 0 amide bonds. The Balaban J connectivity index is 1.97. The van der Waals surface area contributed by atoms with E-state index in [0.29, 0.717) is 12.5 Å². The number of ether oxygens (including phenoxy) is 1. The quantitative estimate of drug-likeness (QED) is 0.874. The molecule has 0 aliphatic heterocycles. The van der Waals surface area contributed by atoms with E-state index in [4.69, 9.17) is 9.72 Å². The summed E-state index contributed by atoms with van der Waals surface area (Å²) >= 11 is 0.